The maximum Gasteiger partial charge on any atom is 0.243 e. The van der Waals surface area contributed by atoms with E-state index >= 15 is 0 Å². The minimum atomic E-state index is -3.71. The molecule has 0 unspecified atom stereocenters. The van der Waals surface area contributed by atoms with E-state index in [0.29, 0.717) is 43.8 Å². The zero-order valence-electron chi connectivity index (χ0n) is 20.8. The minimum absolute atomic E-state index is 0.0874. The van der Waals surface area contributed by atoms with Crippen LogP contribution in [0.3, 0.4) is 0 Å². The molecule has 4 rings (SSSR count). The maximum absolute atomic E-state index is 13.0. The number of halogens is 2. The van der Waals surface area contributed by atoms with Crippen molar-refractivity contribution in [2.75, 3.05) is 39.3 Å². The molecule has 2 heterocycles. The van der Waals surface area contributed by atoms with Crippen molar-refractivity contribution in [1.29, 1.82) is 0 Å². The van der Waals surface area contributed by atoms with E-state index in [9.17, 15) is 21.6 Å². The Hall–Kier alpha value is -1.89. The second-order valence-corrected chi connectivity index (χ2v) is 14.1. The molecule has 0 spiro atoms. The molecule has 2 aliphatic heterocycles. The Morgan fingerprint density at radius 1 is 0.921 bits per heavy atom. The molecule has 2 aromatic carbocycles. The molecule has 2 fully saturated rings. The predicted octanol–water partition coefficient (Wildman–Crippen LogP) is 3.51. The van der Waals surface area contributed by atoms with Crippen molar-refractivity contribution < 1.29 is 26.4 Å². The van der Waals surface area contributed by atoms with Crippen molar-refractivity contribution >= 4 is 49.2 Å². The summed E-state index contributed by atoms with van der Waals surface area (Å²) in [5, 5.41) is 3.38. The molecule has 0 bridgehead atoms. The molecule has 2 saturated heterocycles. The zero-order valence-corrected chi connectivity index (χ0v) is 24.0. The average molecular weight is 605 g/mol. The number of sulfonamides is 2. The lowest BCUT2D eigenvalue weighted by Gasteiger charge is -2.31. The summed E-state index contributed by atoms with van der Waals surface area (Å²) in [4.78, 5) is 13.0. The van der Waals surface area contributed by atoms with E-state index in [1.165, 1.54) is 20.7 Å². The van der Waals surface area contributed by atoms with Crippen LogP contribution in [0.4, 0.5) is 0 Å². The van der Waals surface area contributed by atoms with Gasteiger partial charge in [0.1, 0.15) is 12.4 Å². The lowest BCUT2D eigenvalue weighted by atomic mass is 9.99. The third-order valence-corrected chi connectivity index (χ3v) is 11.1. The average Bonchev–Trinajstić information content (AvgIpc) is 3.45. The zero-order chi connectivity index (χ0) is 27.3. The Morgan fingerprint density at radius 3 is 2.21 bits per heavy atom. The predicted molar refractivity (Wildman–Crippen MR) is 146 cm³/mol. The van der Waals surface area contributed by atoms with Crippen molar-refractivity contribution in [3.05, 3.63) is 58.1 Å². The van der Waals surface area contributed by atoms with Crippen LogP contribution in [0, 0.1) is 5.92 Å². The lowest BCUT2D eigenvalue weighted by molar-refractivity contribution is -0.126. The second-order valence-electron chi connectivity index (χ2n) is 9.38. The molecule has 38 heavy (non-hydrogen) atoms. The standard InChI is InChI=1S/C25H31Cl2N3O6S2/c26-23-6-3-7-24(27)22(23)18-37(32,33)30-15-4-5-19(17-30)25(31)28-12-16-36-20-8-10-21(11-9-20)38(34,35)29-13-1-2-14-29/h3,6-11,19H,1-2,4-5,12-18H2,(H,28,31)/t19-/m1/s1. The number of piperidine rings is 1. The largest absolute Gasteiger partial charge is 0.492 e. The molecular weight excluding hydrogens is 573 g/mol. The van der Waals surface area contributed by atoms with Gasteiger partial charge in [-0.05, 0) is 62.1 Å². The summed E-state index contributed by atoms with van der Waals surface area (Å²) < 4.78 is 59.8. The normalized spacial score (nSPS) is 19.4. The third kappa shape index (κ3) is 7.00. The number of nitrogens with one attached hydrogen (secondary N) is 1. The van der Waals surface area contributed by atoms with Crippen LogP contribution < -0.4 is 10.1 Å². The van der Waals surface area contributed by atoms with Gasteiger partial charge in [0, 0.05) is 41.8 Å². The van der Waals surface area contributed by atoms with Gasteiger partial charge in [-0.3, -0.25) is 4.79 Å². The van der Waals surface area contributed by atoms with Crippen LogP contribution in [-0.2, 0) is 30.6 Å². The molecule has 0 aromatic heterocycles. The lowest BCUT2D eigenvalue weighted by Crippen LogP contribution is -2.46. The maximum atomic E-state index is 13.0. The Kier molecular flexibility index (Phi) is 9.59. The number of hydrogen-bond acceptors (Lipinski definition) is 6. The SMILES string of the molecule is O=C(NCCOc1ccc(S(=O)(=O)N2CCCC2)cc1)[C@@H]1CCCN(S(=O)(=O)Cc2c(Cl)cccc2Cl)C1. The van der Waals surface area contributed by atoms with Crippen LogP contribution in [0.5, 0.6) is 5.75 Å². The summed E-state index contributed by atoms with van der Waals surface area (Å²) in [6.45, 7) is 1.92. The van der Waals surface area contributed by atoms with E-state index in [-0.39, 0.29) is 46.3 Å². The molecule has 0 aliphatic carbocycles. The quantitative estimate of drug-likeness (QED) is 0.416. The van der Waals surface area contributed by atoms with E-state index in [1.54, 1.807) is 30.3 Å². The number of carbonyl (C=O) groups is 1. The van der Waals surface area contributed by atoms with Crippen LogP contribution in [0.2, 0.25) is 10.0 Å². The second kappa shape index (κ2) is 12.5. The van der Waals surface area contributed by atoms with E-state index in [2.05, 4.69) is 5.32 Å². The monoisotopic (exact) mass is 603 g/mol. The fraction of sp³-hybridized carbons (Fsp3) is 0.480. The fourth-order valence-corrected chi connectivity index (χ4v) is 8.51. The van der Waals surface area contributed by atoms with Gasteiger partial charge in [0.25, 0.3) is 0 Å². The van der Waals surface area contributed by atoms with Gasteiger partial charge in [0.05, 0.1) is 23.1 Å². The van der Waals surface area contributed by atoms with E-state index in [4.69, 9.17) is 27.9 Å². The minimum Gasteiger partial charge on any atom is -0.492 e. The number of rotatable bonds is 10. The van der Waals surface area contributed by atoms with Crippen molar-refractivity contribution in [2.24, 2.45) is 5.92 Å². The molecule has 13 heteroatoms. The van der Waals surface area contributed by atoms with Crippen LogP contribution >= 0.6 is 23.2 Å². The summed E-state index contributed by atoms with van der Waals surface area (Å²) in [6, 6.07) is 11.1. The van der Waals surface area contributed by atoms with Gasteiger partial charge < -0.3 is 10.1 Å². The van der Waals surface area contributed by atoms with Gasteiger partial charge in [-0.2, -0.15) is 4.31 Å². The molecule has 2 aromatic rings. The summed E-state index contributed by atoms with van der Waals surface area (Å²) in [7, 11) is -7.20. The molecule has 1 N–H and O–H groups in total. The van der Waals surface area contributed by atoms with Crippen molar-refractivity contribution in [1.82, 2.24) is 13.9 Å². The highest BCUT2D eigenvalue weighted by atomic mass is 35.5. The van der Waals surface area contributed by atoms with E-state index in [1.807, 2.05) is 0 Å². The summed E-state index contributed by atoms with van der Waals surface area (Å²) in [5.74, 6) is -0.550. The van der Waals surface area contributed by atoms with Gasteiger partial charge in [0.15, 0.2) is 0 Å². The third-order valence-electron chi connectivity index (χ3n) is 6.73. The Balaban J connectivity index is 1.24. The Morgan fingerprint density at radius 2 is 1.55 bits per heavy atom. The number of benzene rings is 2. The number of hydrogen-bond donors (Lipinski definition) is 1. The first-order chi connectivity index (χ1) is 18.1. The molecule has 1 amide bonds. The van der Waals surface area contributed by atoms with Crippen LogP contribution in [0.1, 0.15) is 31.2 Å². The van der Waals surface area contributed by atoms with E-state index < -0.39 is 26.0 Å². The topological polar surface area (TPSA) is 113 Å². The van der Waals surface area contributed by atoms with Crippen molar-refractivity contribution in [3.63, 3.8) is 0 Å². The molecule has 9 nitrogen and oxygen atoms in total. The summed E-state index contributed by atoms with van der Waals surface area (Å²) in [5.41, 5.74) is 0.348. The molecule has 1 atom stereocenters. The van der Waals surface area contributed by atoms with Gasteiger partial charge in [0.2, 0.25) is 26.0 Å². The van der Waals surface area contributed by atoms with Gasteiger partial charge in [-0.1, -0.05) is 29.3 Å². The fourth-order valence-electron chi connectivity index (χ4n) is 4.63. The highest BCUT2D eigenvalue weighted by Crippen LogP contribution is 2.29. The van der Waals surface area contributed by atoms with Gasteiger partial charge in [-0.15, -0.1) is 0 Å². The summed E-state index contributed by atoms with van der Waals surface area (Å²) in [6.07, 6.45) is 2.89. The first-order valence-electron chi connectivity index (χ1n) is 12.5. The van der Waals surface area contributed by atoms with Gasteiger partial charge in [-0.25, -0.2) is 21.1 Å². The smallest absolute Gasteiger partial charge is 0.243 e. The van der Waals surface area contributed by atoms with Crippen molar-refractivity contribution in [3.8, 4) is 5.75 Å². The number of nitrogens with zero attached hydrogens (tertiary/aromatic N) is 2. The molecule has 0 saturated carbocycles. The van der Waals surface area contributed by atoms with Gasteiger partial charge >= 0.3 is 0 Å². The molecule has 0 radical (unpaired) electrons. The highest BCUT2D eigenvalue weighted by molar-refractivity contribution is 7.89. The number of ether oxygens (including phenoxy) is 1. The highest BCUT2D eigenvalue weighted by Gasteiger charge is 2.33. The molecule has 208 valence electrons. The van der Waals surface area contributed by atoms with Crippen LogP contribution in [0.25, 0.3) is 0 Å². The molecular formula is C25H31Cl2N3O6S2. The van der Waals surface area contributed by atoms with Crippen LogP contribution in [0.15, 0.2) is 47.4 Å². The van der Waals surface area contributed by atoms with Crippen LogP contribution in [-0.4, -0.2) is 70.7 Å². The van der Waals surface area contributed by atoms with E-state index in [0.717, 1.165) is 12.8 Å². The number of amides is 1. The summed E-state index contributed by atoms with van der Waals surface area (Å²) >= 11 is 12.3. The first-order valence-corrected chi connectivity index (χ1v) is 16.3. The van der Waals surface area contributed by atoms with Crippen molar-refractivity contribution in [2.45, 2.75) is 36.3 Å². The Bertz CT molecular complexity index is 1330. The Labute approximate surface area is 234 Å². The number of carbonyl (C=O) groups excluding carboxylic acids is 1. The first kappa shape index (κ1) is 29.1. The molecule has 2 aliphatic rings.